The summed E-state index contributed by atoms with van der Waals surface area (Å²) in [6, 6.07) is 8.77. The topological polar surface area (TPSA) is 0 Å². The lowest BCUT2D eigenvalue weighted by atomic mass is 9.66. The zero-order valence-electron chi connectivity index (χ0n) is 20.6. The van der Waals surface area contributed by atoms with E-state index < -0.39 is 0 Å². The molecule has 0 aliphatic heterocycles. The number of benzene rings is 1. The lowest BCUT2D eigenvalue weighted by Crippen LogP contribution is -2.32. The molecule has 1 aromatic carbocycles. The van der Waals surface area contributed by atoms with E-state index in [0.29, 0.717) is 10.8 Å². The van der Waals surface area contributed by atoms with Crippen LogP contribution in [0.25, 0.3) is 0 Å². The Labute approximate surface area is 171 Å². The molecule has 0 spiro atoms. The molecular formula is C27H48. The normalized spacial score (nSPS) is 21.6. The molecule has 0 heterocycles. The van der Waals surface area contributed by atoms with Crippen LogP contribution in [0.2, 0.25) is 0 Å². The van der Waals surface area contributed by atoms with Gasteiger partial charge in [0, 0.05) is 0 Å². The molecule has 0 aromatic heterocycles. The lowest BCUT2D eigenvalue weighted by molar-refractivity contribution is 0.0992. The minimum atomic E-state index is 0.240. The second-order valence-corrected chi connectivity index (χ2v) is 12.9. The quantitative estimate of drug-likeness (QED) is 0.427. The average molecular weight is 373 g/mol. The van der Waals surface area contributed by atoms with Gasteiger partial charge in [0.2, 0.25) is 0 Å². The zero-order valence-corrected chi connectivity index (χ0v) is 20.6. The molecule has 1 saturated carbocycles. The maximum absolute atomic E-state index is 2.40. The lowest BCUT2D eigenvalue weighted by Gasteiger charge is -2.39. The fraction of sp³-hybridized carbons (Fsp3) is 0.778. The molecule has 0 saturated heterocycles. The van der Waals surface area contributed by atoms with Crippen LogP contribution >= 0.6 is 0 Å². The summed E-state index contributed by atoms with van der Waals surface area (Å²) in [5, 5.41) is 0. The minimum absolute atomic E-state index is 0.240. The first-order chi connectivity index (χ1) is 12.0. The molecule has 0 radical (unpaired) electrons. The van der Waals surface area contributed by atoms with Gasteiger partial charge in [-0.15, -0.1) is 0 Å². The summed E-state index contributed by atoms with van der Waals surface area (Å²) in [5.74, 6) is 1.87. The Hall–Kier alpha value is -0.780. The predicted octanol–water partition coefficient (Wildman–Crippen LogP) is 8.78. The predicted molar refractivity (Wildman–Crippen MR) is 124 cm³/mol. The van der Waals surface area contributed by atoms with Crippen molar-refractivity contribution in [1.82, 2.24) is 0 Å². The van der Waals surface area contributed by atoms with Crippen LogP contribution in [-0.4, -0.2) is 0 Å². The monoisotopic (exact) mass is 372 g/mol. The zero-order chi connectivity index (χ0) is 21.3. The van der Waals surface area contributed by atoms with Crippen molar-refractivity contribution in [2.24, 2.45) is 22.7 Å². The van der Waals surface area contributed by atoms with Gasteiger partial charge in [-0.25, -0.2) is 0 Å². The third kappa shape index (κ3) is 6.95. The molecule has 0 heteroatoms. The van der Waals surface area contributed by atoms with Crippen molar-refractivity contribution in [3.63, 3.8) is 0 Å². The summed E-state index contributed by atoms with van der Waals surface area (Å²) in [7, 11) is 0. The third-order valence-electron chi connectivity index (χ3n) is 6.28. The van der Waals surface area contributed by atoms with Crippen molar-refractivity contribution in [3.8, 4) is 0 Å². The first kappa shape index (κ1) is 24.3. The highest BCUT2D eigenvalue weighted by atomic mass is 14.5. The van der Waals surface area contributed by atoms with Crippen molar-refractivity contribution < 1.29 is 0 Å². The highest BCUT2D eigenvalue weighted by Crippen LogP contribution is 2.50. The van der Waals surface area contributed by atoms with E-state index in [1.54, 1.807) is 0 Å². The first-order valence-electron chi connectivity index (χ1n) is 11.1. The summed E-state index contributed by atoms with van der Waals surface area (Å²) in [5.41, 5.74) is 4.43. The number of hydrogen-bond acceptors (Lipinski definition) is 0. The maximum atomic E-state index is 2.40. The van der Waals surface area contributed by atoms with Crippen LogP contribution in [0, 0.1) is 22.7 Å². The van der Waals surface area contributed by atoms with E-state index in [1.807, 2.05) is 0 Å². The molecule has 2 unspecified atom stereocenters. The van der Waals surface area contributed by atoms with Crippen molar-refractivity contribution >= 4 is 0 Å². The molecule has 2 atom stereocenters. The van der Waals surface area contributed by atoms with E-state index >= 15 is 0 Å². The highest BCUT2D eigenvalue weighted by Gasteiger charge is 2.41. The highest BCUT2D eigenvalue weighted by molar-refractivity contribution is 5.37. The van der Waals surface area contributed by atoms with E-state index in [1.165, 1.54) is 30.4 Å². The van der Waals surface area contributed by atoms with Crippen LogP contribution in [0.3, 0.4) is 0 Å². The summed E-state index contributed by atoms with van der Waals surface area (Å²) in [6.45, 7) is 28.1. The van der Waals surface area contributed by atoms with Gasteiger partial charge >= 0.3 is 0 Å². The molecule has 1 aliphatic carbocycles. The van der Waals surface area contributed by atoms with E-state index in [4.69, 9.17) is 0 Å². The van der Waals surface area contributed by atoms with Crippen molar-refractivity contribution in [2.45, 2.75) is 113 Å². The largest absolute Gasteiger partial charge is 0.0620 e. The van der Waals surface area contributed by atoms with Gasteiger partial charge in [-0.05, 0) is 57.5 Å². The molecule has 0 N–H and O–H groups in total. The Bertz CT molecular complexity index is 525. The Morgan fingerprint density at radius 3 is 1.07 bits per heavy atom. The smallest absolute Gasteiger partial charge is 0.0129 e. The summed E-state index contributed by atoms with van der Waals surface area (Å²) in [4.78, 5) is 0. The Balaban J connectivity index is 0.000000271. The van der Waals surface area contributed by atoms with Crippen molar-refractivity contribution in [3.05, 3.63) is 35.4 Å². The van der Waals surface area contributed by atoms with Gasteiger partial charge in [-0.3, -0.25) is 0 Å². The molecule has 0 nitrogen and oxygen atoms in total. The number of hydrogen-bond donors (Lipinski definition) is 0. The SMILES string of the molecule is CC(C)(C)C1CCCC1C(C)(C)C.CC(C)(C)c1ccccc1C(C)(C)C. The summed E-state index contributed by atoms with van der Waals surface area (Å²) in [6.07, 6.45) is 4.35. The molecule has 156 valence electrons. The van der Waals surface area contributed by atoms with Gasteiger partial charge in [0.25, 0.3) is 0 Å². The van der Waals surface area contributed by atoms with E-state index in [2.05, 4.69) is 107 Å². The minimum Gasteiger partial charge on any atom is -0.0620 e. The van der Waals surface area contributed by atoms with Gasteiger partial charge in [-0.1, -0.05) is 114 Å². The van der Waals surface area contributed by atoms with Gasteiger partial charge in [0.1, 0.15) is 0 Å². The van der Waals surface area contributed by atoms with Gasteiger partial charge in [0.05, 0.1) is 0 Å². The standard InChI is InChI=1S/C14H22.C13H26/c1-13(2,3)11-9-7-8-10-12(11)14(4,5)6;1-12(2,3)10-8-7-9-11(10)13(4,5)6/h7-10H,1-6H3;10-11H,7-9H2,1-6H3. The van der Waals surface area contributed by atoms with E-state index in [9.17, 15) is 0 Å². The third-order valence-corrected chi connectivity index (χ3v) is 6.28. The Morgan fingerprint density at radius 1 is 0.556 bits per heavy atom. The molecule has 0 bridgehead atoms. The van der Waals surface area contributed by atoms with Crippen LogP contribution < -0.4 is 0 Å². The molecule has 1 aliphatic rings. The molecule has 27 heavy (non-hydrogen) atoms. The fourth-order valence-electron chi connectivity index (χ4n) is 4.82. The summed E-state index contributed by atoms with van der Waals surface area (Å²) >= 11 is 0. The van der Waals surface area contributed by atoms with Gasteiger partial charge in [-0.2, -0.15) is 0 Å². The van der Waals surface area contributed by atoms with E-state index in [-0.39, 0.29) is 10.8 Å². The first-order valence-corrected chi connectivity index (χ1v) is 11.1. The second-order valence-electron chi connectivity index (χ2n) is 12.9. The Morgan fingerprint density at radius 2 is 0.852 bits per heavy atom. The second kappa shape index (κ2) is 8.30. The Kier molecular flexibility index (Phi) is 7.46. The van der Waals surface area contributed by atoms with Crippen LogP contribution in [0.1, 0.15) is 113 Å². The molecule has 0 amide bonds. The number of rotatable bonds is 0. The van der Waals surface area contributed by atoms with Crippen LogP contribution in [0.5, 0.6) is 0 Å². The maximum Gasteiger partial charge on any atom is -0.0129 e. The van der Waals surface area contributed by atoms with E-state index in [0.717, 1.165) is 11.8 Å². The molecular weight excluding hydrogens is 324 g/mol. The molecule has 2 rings (SSSR count). The van der Waals surface area contributed by atoms with Crippen molar-refractivity contribution in [2.75, 3.05) is 0 Å². The van der Waals surface area contributed by atoms with Crippen LogP contribution in [0.15, 0.2) is 24.3 Å². The van der Waals surface area contributed by atoms with Gasteiger partial charge in [0.15, 0.2) is 0 Å². The van der Waals surface area contributed by atoms with Crippen LogP contribution in [-0.2, 0) is 10.8 Å². The van der Waals surface area contributed by atoms with Crippen LogP contribution in [0.4, 0.5) is 0 Å². The fourth-order valence-corrected chi connectivity index (χ4v) is 4.82. The van der Waals surface area contributed by atoms with Gasteiger partial charge < -0.3 is 0 Å². The summed E-state index contributed by atoms with van der Waals surface area (Å²) < 4.78 is 0. The molecule has 1 fully saturated rings. The van der Waals surface area contributed by atoms with Crippen molar-refractivity contribution in [1.29, 1.82) is 0 Å². The molecule has 1 aromatic rings. The average Bonchev–Trinajstić information content (AvgIpc) is 2.96.